The number of ether oxygens (including phenoxy) is 1. The van der Waals surface area contributed by atoms with E-state index in [1.807, 2.05) is 44.2 Å². The first kappa shape index (κ1) is 21.2. The van der Waals surface area contributed by atoms with Crippen molar-refractivity contribution >= 4 is 23.6 Å². The molecular formula is C26H30N2O3. The van der Waals surface area contributed by atoms with Crippen molar-refractivity contribution in [2.24, 2.45) is 0 Å². The zero-order valence-corrected chi connectivity index (χ0v) is 18.9. The minimum Gasteiger partial charge on any atom is -0.468 e. The fourth-order valence-corrected chi connectivity index (χ4v) is 4.92. The van der Waals surface area contributed by atoms with Gasteiger partial charge in [0.25, 0.3) is 0 Å². The van der Waals surface area contributed by atoms with E-state index in [4.69, 9.17) is 4.74 Å². The van der Waals surface area contributed by atoms with Crippen molar-refractivity contribution in [1.29, 1.82) is 0 Å². The first-order chi connectivity index (χ1) is 14.6. The van der Waals surface area contributed by atoms with Crippen molar-refractivity contribution in [3.05, 3.63) is 71.3 Å². The molecule has 0 saturated carbocycles. The van der Waals surface area contributed by atoms with E-state index in [0.717, 1.165) is 11.1 Å². The first-order valence-corrected chi connectivity index (χ1v) is 10.7. The van der Waals surface area contributed by atoms with Crippen LogP contribution in [0.2, 0.25) is 0 Å². The molecule has 0 spiro atoms. The van der Waals surface area contributed by atoms with Crippen LogP contribution in [0.5, 0.6) is 0 Å². The van der Waals surface area contributed by atoms with Gasteiger partial charge in [0.2, 0.25) is 5.91 Å². The van der Waals surface area contributed by atoms with Gasteiger partial charge in [0, 0.05) is 24.1 Å². The van der Waals surface area contributed by atoms with Gasteiger partial charge in [0.05, 0.1) is 12.5 Å². The molecule has 1 amide bonds. The maximum atomic E-state index is 12.5. The molecule has 162 valence electrons. The Morgan fingerprint density at radius 2 is 1.81 bits per heavy atom. The summed E-state index contributed by atoms with van der Waals surface area (Å²) >= 11 is 0. The highest BCUT2D eigenvalue weighted by atomic mass is 16.5. The fraction of sp³-hybridized carbons (Fsp3) is 0.385. The summed E-state index contributed by atoms with van der Waals surface area (Å²) in [7, 11) is 1.41. The number of benzene rings is 2. The van der Waals surface area contributed by atoms with Crippen molar-refractivity contribution in [2.45, 2.75) is 50.6 Å². The van der Waals surface area contributed by atoms with Crippen LogP contribution in [0.4, 0.5) is 5.69 Å². The lowest BCUT2D eigenvalue weighted by Crippen LogP contribution is -2.68. The van der Waals surface area contributed by atoms with Crippen LogP contribution >= 0.6 is 0 Å². The molecule has 4 rings (SSSR count). The molecule has 2 aromatic carbocycles. The molecule has 5 nitrogen and oxygen atoms in total. The summed E-state index contributed by atoms with van der Waals surface area (Å²) in [6.45, 7) is 8.77. The van der Waals surface area contributed by atoms with E-state index in [2.05, 4.69) is 54.4 Å². The van der Waals surface area contributed by atoms with E-state index < -0.39 is 11.1 Å². The normalized spacial score (nSPS) is 22.1. The highest BCUT2D eigenvalue weighted by Gasteiger charge is 2.57. The molecule has 1 saturated heterocycles. The molecule has 1 atom stereocenters. The number of fused-ring (bicyclic) bond motifs is 3. The second-order valence-corrected chi connectivity index (χ2v) is 9.43. The molecule has 5 heteroatoms. The molecule has 0 unspecified atom stereocenters. The molecule has 2 aliphatic rings. The Labute approximate surface area is 184 Å². The maximum Gasteiger partial charge on any atom is 0.315 e. The number of amides is 1. The minimum absolute atomic E-state index is 0.0666. The van der Waals surface area contributed by atoms with Crippen molar-refractivity contribution in [3.63, 3.8) is 0 Å². The van der Waals surface area contributed by atoms with Gasteiger partial charge in [-0.1, -0.05) is 62.4 Å². The molecule has 31 heavy (non-hydrogen) atoms. The molecule has 2 aliphatic heterocycles. The predicted molar refractivity (Wildman–Crippen MR) is 123 cm³/mol. The van der Waals surface area contributed by atoms with Gasteiger partial charge in [-0.3, -0.25) is 9.59 Å². The molecule has 2 heterocycles. The standard InChI is InChI=1S/C26H30N2O3/c1-24(2,23(30)31-5)19-12-10-18(11-13-19)14-16-26-25(3,4)20-8-6-7-9-21(20)28(26)17-15-22(29)27-26/h6-14,16H,15,17H2,1-5H3,(H,27,29)/t26-/m1/s1. The van der Waals surface area contributed by atoms with Crippen LogP contribution in [0, 0.1) is 0 Å². The van der Waals surface area contributed by atoms with E-state index in [0.29, 0.717) is 13.0 Å². The second-order valence-electron chi connectivity index (χ2n) is 9.43. The van der Waals surface area contributed by atoms with Crippen LogP contribution in [0.3, 0.4) is 0 Å². The van der Waals surface area contributed by atoms with Gasteiger partial charge in [-0.25, -0.2) is 0 Å². The van der Waals surface area contributed by atoms with Crippen LogP contribution in [-0.4, -0.2) is 31.2 Å². The fourth-order valence-electron chi connectivity index (χ4n) is 4.92. The Kier molecular flexibility index (Phi) is 4.95. The Balaban J connectivity index is 1.70. The summed E-state index contributed by atoms with van der Waals surface area (Å²) in [5, 5.41) is 3.30. The van der Waals surface area contributed by atoms with Crippen LogP contribution in [-0.2, 0) is 25.2 Å². The van der Waals surface area contributed by atoms with E-state index >= 15 is 0 Å². The van der Waals surface area contributed by atoms with Crippen molar-refractivity contribution in [3.8, 4) is 0 Å². The quantitative estimate of drug-likeness (QED) is 0.758. The average molecular weight is 419 g/mol. The summed E-state index contributed by atoms with van der Waals surface area (Å²) in [6.07, 6.45) is 4.66. The highest BCUT2D eigenvalue weighted by Crippen LogP contribution is 2.52. The number of rotatable bonds is 4. The second kappa shape index (κ2) is 7.26. The summed E-state index contributed by atoms with van der Waals surface area (Å²) in [5.74, 6) is -0.197. The highest BCUT2D eigenvalue weighted by molar-refractivity contribution is 5.85. The van der Waals surface area contributed by atoms with Gasteiger partial charge in [0.15, 0.2) is 0 Å². The number of carbonyl (C=O) groups is 2. The summed E-state index contributed by atoms with van der Waals surface area (Å²) in [5.41, 5.74) is 2.67. The number of nitrogens with one attached hydrogen (secondary N) is 1. The molecule has 0 aromatic heterocycles. The largest absolute Gasteiger partial charge is 0.468 e. The predicted octanol–water partition coefficient (Wildman–Crippen LogP) is 4.16. The number of para-hydroxylation sites is 1. The van der Waals surface area contributed by atoms with Crippen LogP contribution in [0.1, 0.15) is 50.8 Å². The third-order valence-corrected chi connectivity index (χ3v) is 6.98. The zero-order chi connectivity index (χ0) is 22.4. The number of methoxy groups -OCH3 is 1. The smallest absolute Gasteiger partial charge is 0.315 e. The van der Waals surface area contributed by atoms with Crippen molar-refractivity contribution in [2.75, 3.05) is 18.6 Å². The van der Waals surface area contributed by atoms with E-state index in [1.54, 1.807) is 0 Å². The molecule has 0 radical (unpaired) electrons. The van der Waals surface area contributed by atoms with Gasteiger partial charge >= 0.3 is 5.97 Å². The summed E-state index contributed by atoms with van der Waals surface area (Å²) in [4.78, 5) is 26.9. The number of nitrogens with zero attached hydrogens (tertiary/aromatic N) is 1. The van der Waals surface area contributed by atoms with E-state index in [-0.39, 0.29) is 17.3 Å². The number of hydrogen-bond acceptors (Lipinski definition) is 4. The zero-order valence-electron chi connectivity index (χ0n) is 18.9. The van der Waals surface area contributed by atoms with E-state index in [9.17, 15) is 9.59 Å². The Morgan fingerprint density at radius 1 is 1.13 bits per heavy atom. The van der Waals surface area contributed by atoms with Gasteiger partial charge in [-0.05, 0) is 42.7 Å². The van der Waals surface area contributed by atoms with Crippen LogP contribution in [0.25, 0.3) is 6.08 Å². The molecule has 0 aliphatic carbocycles. The topological polar surface area (TPSA) is 58.6 Å². The Bertz CT molecular complexity index is 1050. The Hall–Kier alpha value is -3.08. The molecule has 1 fully saturated rings. The third-order valence-electron chi connectivity index (χ3n) is 6.98. The number of hydrogen-bond donors (Lipinski definition) is 1. The minimum atomic E-state index is -0.709. The molecule has 2 aromatic rings. The van der Waals surface area contributed by atoms with E-state index in [1.165, 1.54) is 18.4 Å². The maximum absolute atomic E-state index is 12.5. The summed E-state index contributed by atoms with van der Waals surface area (Å²) < 4.78 is 4.94. The monoisotopic (exact) mass is 418 g/mol. The van der Waals surface area contributed by atoms with Crippen LogP contribution < -0.4 is 10.2 Å². The molecular weight excluding hydrogens is 388 g/mol. The lowest BCUT2D eigenvalue weighted by Gasteiger charge is -2.49. The van der Waals surface area contributed by atoms with Crippen molar-refractivity contribution in [1.82, 2.24) is 5.32 Å². The first-order valence-electron chi connectivity index (χ1n) is 10.7. The van der Waals surface area contributed by atoms with Gasteiger partial charge in [-0.15, -0.1) is 0 Å². The SMILES string of the molecule is COC(=O)C(C)(C)c1ccc(C=C[C@@]23NC(=O)CCN2c2ccccc2C3(C)C)cc1. The molecule has 1 N–H and O–H groups in total. The molecule has 0 bridgehead atoms. The number of carbonyl (C=O) groups excluding carboxylic acids is 2. The van der Waals surface area contributed by atoms with Gasteiger partial charge in [0.1, 0.15) is 5.66 Å². The van der Waals surface area contributed by atoms with Crippen molar-refractivity contribution < 1.29 is 14.3 Å². The van der Waals surface area contributed by atoms with Crippen LogP contribution in [0.15, 0.2) is 54.6 Å². The Morgan fingerprint density at radius 3 is 2.48 bits per heavy atom. The number of anilines is 1. The van der Waals surface area contributed by atoms with Gasteiger partial charge in [-0.2, -0.15) is 0 Å². The third kappa shape index (κ3) is 3.14. The lowest BCUT2D eigenvalue weighted by molar-refractivity contribution is -0.146. The number of esters is 1. The van der Waals surface area contributed by atoms with Gasteiger partial charge < -0.3 is 15.0 Å². The average Bonchev–Trinajstić information content (AvgIpc) is 2.96. The summed E-state index contributed by atoms with van der Waals surface area (Å²) in [6, 6.07) is 16.3. The lowest BCUT2D eigenvalue weighted by atomic mass is 9.74.